The molecule has 0 heterocycles. The van der Waals surface area contributed by atoms with Crippen molar-refractivity contribution in [3.8, 4) is 5.75 Å². The molecule has 0 saturated heterocycles. The highest BCUT2D eigenvalue weighted by Crippen LogP contribution is 2.31. The molecule has 3 atom stereocenters. The summed E-state index contributed by atoms with van der Waals surface area (Å²) in [5, 5.41) is 0. The minimum atomic E-state index is 0.142. The van der Waals surface area contributed by atoms with E-state index in [1.54, 1.807) is 0 Å². The summed E-state index contributed by atoms with van der Waals surface area (Å²) < 4.78 is 6.12. The van der Waals surface area contributed by atoms with Crippen molar-refractivity contribution in [2.24, 2.45) is 17.6 Å². The van der Waals surface area contributed by atoms with Crippen LogP contribution >= 0.6 is 0 Å². The Bertz CT molecular complexity index is 377. The van der Waals surface area contributed by atoms with Crippen LogP contribution in [0.4, 0.5) is 0 Å². The predicted molar refractivity (Wildman–Crippen MR) is 80.3 cm³/mol. The molecule has 1 saturated carbocycles. The van der Waals surface area contributed by atoms with E-state index >= 15 is 0 Å². The first-order valence-corrected chi connectivity index (χ1v) is 7.60. The van der Waals surface area contributed by atoms with Crippen LogP contribution in [-0.2, 0) is 0 Å². The number of rotatable bonds is 4. The number of hydrogen-bond donors (Lipinski definition) is 1. The zero-order valence-corrected chi connectivity index (χ0v) is 12.4. The fraction of sp³-hybridized carbons (Fsp3) is 0.647. The van der Waals surface area contributed by atoms with E-state index in [1.807, 2.05) is 0 Å². The third kappa shape index (κ3) is 3.97. The van der Waals surface area contributed by atoms with Crippen LogP contribution in [-0.4, -0.2) is 6.10 Å². The molecule has 1 aromatic rings. The number of hydrogen-bond acceptors (Lipinski definition) is 2. The summed E-state index contributed by atoms with van der Waals surface area (Å²) in [5.74, 6) is 2.54. The molecule has 2 unspecified atom stereocenters. The lowest BCUT2D eigenvalue weighted by Crippen LogP contribution is -2.28. The minimum absolute atomic E-state index is 0.142. The highest BCUT2D eigenvalue weighted by molar-refractivity contribution is 5.29. The summed E-state index contributed by atoms with van der Waals surface area (Å²) in [7, 11) is 0. The van der Waals surface area contributed by atoms with Gasteiger partial charge in [0.15, 0.2) is 0 Å². The van der Waals surface area contributed by atoms with Gasteiger partial charge in [0.1, 0.15) is 5.75 Å². The predicted octanol–water partition coefficient (Wildman–Crippen LogP) is 4.30. The van der Waals surface area contributed by atoms with Crippen molar-refractivity contribution < 1.29 is 4.74 Å². The van der Waals surface area contributed by atoms with Crippen molar-refractivity contribution in [1.29, 1.82) is 0 Å². The fourth-order valence-corrected chi connectivity index (χ4v) is 3.19. The average molecular weight is 261 g/mol. The first kappa shape index (κ1) is 14.4. The van der Waals surface area contributed by atoms with E-state index in [0.29, 0.717) is 6.10 Å². The van der Waals surface area contributed by atoms with Crippen LogP contribution in [0.5, 0.6) is 5.75 Å². The van der Waals surface area contributed by atoms with Crippen molar-refractivity contribution in [2.45, 2.75) is 58.6 Å². The molecule has 1 aromatic carbocycles. The Kier molecular flexibility index (Phi) is 4.87. The van der Waals surface area contributed by atoms with E-state index in [9.17, 15) is 0 Å². The maximum atomic E-state index is 6.12. The summed E-state index contributed by atoms with van der Waals surface area (Å²) in [5.41, 5.74) is 7.22. The normalized spacial score (nSPS) is 28.9. The van der Waals surface area contributed by atoms with Gasteiger partial charge < -0.3 is 10.5 Å². The Hall–Kier alpha value is -1.02. The molecule has 106 valence electrons. The summed E-state index contributed by atoms with van der Waals surface area (Å²) in [6, 6.07) is 8.46. The largest absolute Gasteiger partial charge is 0.490 e. The summed E-state index contributed by atoms with van der Waals surface area (Å²) in [6.07, 6.45) is 5.05. The standard InChI is InChI=1S/C17H27NO/c1-4-17(18)14-5-7-15(8-6-14)19-16-10-12(2)9-13(3)11-16/h5-8,12-13,16-17H,4,9-11,18H2,1-3H3/t12?,13?,16?,17-/m0/s1. The van der Waals surface area contributed by atoms with E-state index in [2.05, 4.69) is 45.0 Å². The van der Waals surface area contributed by atoms with E-state index in [-0.39, 0.29) is 6.04 Å². The molecule has 1 fully saturated rings. The maximum Gasteiger partial charge on any atom is 0.119 e. The van der Waals surface area contributed by atoms with Gasteiger partial charge >= 0.3 is 0 Å². The van der Waals surface area contributed by atoms with Gasteiger partial charge in [0, 0.05) is 6.04 Å². The third-order valence-corrected chi connectivity index (χ3v) is 4.19. The zero-order valence-electron chi connectivity index (χ0n) is 12.4. The Morgan fingerprint density at radius 2 is 1.68 bits per heavy atom. The van der Waals surface area contributed by atoms with Gasteiger partial charge in [-0.1, -0.05) is 32.9 Å². The highest BCUT2D eigenvalue weighted by Gasteiger charge is 2.25. The molecule has 0 aromatic heterocycles. The van der Waals surface area contributed by atoms with Gasteiger partial charge in [-0.15, -0.1) is 0 Å². The molecule has 0 spiro atoms. The second kappa shape index (κ2) is 6.42. The van der Waals surface area contributed by atoms with Gasteiger partial charge in [-0.25, -0.2) is 0 Å². The van der Waals surface area contributed by atoms with Crippen molar-refractivity contribution in [3.63, 3.8) is 0 Å². The number of ether oxygens (including phenoxy) is 1. The van der Waals surface area contributed by atoms with E-state index in [0.717, 1.165) is 24.0 Å². The lowest BCUT2D eigenvalue weighted by atomic mass is 9.82. The van der Waals surface area contributed by atoms with Gasteiger partial charge in [-0.05, 0) is 55.2 Å². The topological polar surface area (TPSA) is 35.2 Å². The Labute approximate surface area is 117 Å². The average Bonchev–Trinajstić information content (AvgIpc) is 2.37. The fourth-order valence-electron chi connectivity index (χ4n) is 3.19. The summed E-state index contributed by atoms with van der Waals surface area (Å²) >= 11 is 0. The van der Waals surface area contributed by atoms with Crippen LogP contribution in [0.1, 0.15) is 58.1 Å². The van der Waals surface area contributed by atoms with Gasteiger partial charge in [0.2, 0.25) is 0 Å². The van der Waals surface area contributed by atoms with Crippen molar-refractivity contribution in [3.05, 3.63) is 29.8 Å². The number of benzene rings is 1. The van der Waals surface area contributed by atoms with Crippen molar-refractivity contribution >= 4 is 0 Å². The van der Waals surface area contributed by atoms with Crippen LogP contribution < -0.4 is 10.5 Å². The quantitative estimate of drug-likeness (QED) is 0.877. The first-order valence-electron chi connectivity index (χ1n) is 7.60. The second-order valence-corrected chi connectivity index (χ2v) is 6.24. The van der Waals surface area contributed by atoms with E-state index in [4.69, 9.17) is 10.5 Å². The maximum absolute atomic E-state index is 6.12. The Balaban J connectivity index is 1.95. The Morgan fingerprint density at radius 3 is 2.21 bits per heavy atom. The van der Waals surface area contributed by atoms with Crippen LogP contribution in [0.2, 0.25) is 0 Å². The van der Waals surface area contributed by atoms with E-state index in [1.165, 1.54) is 24.8 Å². The third-order valence-electron chi connectivity index (χ3n) is 4.19. The molecule has 2 nitrogen and oxygen atoms in total. The van der Waals surface area contributed by atoms with Crippen LogP contribution in [0.3, 0.4) is 0 Å². The summed E-state index contributed by atoms with van der Waals surface area (Å²) in [6.45, 7) is 6.77. The molecule has 2 N–H and O–H groups in total. The van der Waals surface area contributed by atoms with Crippen LogP contribution in [0, 0.1) is 11.8 Å². The summed E-state index contributed by atoms with van der Waals surface area (Å²) in [4.78, 5) is 0. The highest BCUT2D eigenvalue weighted by atomic mass is 16.5. The molecular weight excluding hydrogens is 234 g/mol. The van der Waals surface area contributed by atoms with E-state index < -0.39 is 0 Å². The lowest BCUT2D eigenvalue weighted by molar-refractivity contribution is 0.101. The van der Waals surface area contributed by atoms with Crippen LogP contribution in [0.15, 0.2) is 24.3 Å². The molecular formula is C17H27NO. The molecule has 0 amide bonds. The molecule has 19 heavy (non-hydrogen) atoms. The minimum Gasteiger partial charge on any atom is -0.490 e. The van der Waals surface area contributed by atoms with Gasteiger partial charge in [0.25, 0.3) is 0 Å². The lowest BCUT2D eigenvalue weighted by Gasteiger charge is -2.31. The smallest absolute Gasteiger partial charge is 0.119 e. The van der Waals surface area contributed by atoms with Crippen molar-refractivity contribution in [1.82, 2.24) is 0 Å². The molecule has 0 aliphatic heterocycles. The van der Waals surface area contributed by atoms with Gasteiger partial charge in [0.05, 0.1) is 6.10 Å². The first-order chi connectivity index (χ1) is 9.08. The molecule has 1 aliphatic rings. The van der Waals surface area contributed by atoms with Crippen LogP contribution in [0.25, 0.3) is 0 Å². The molecule has 2 heteroatoms. The second-order valence-electron chi connectivity index (χ2n) is 6.24. The molecule has 1 aliphatic carbocycles. The SMILES string of the molecule is CC[C@H](N)c1ccc(OC2CC(C)CC(C)C2)cc1. The number of nitrogens with two attached hydrogens (primary N) is 1. The zero-order chi connectivity index (χ0) is 13.8. The molecule has 0 radical (unpaired) electrons. The Morgan fingerprint density at radius 1 is 1.11 bits per heavy atom. The van der Waals surface area contributed by atoms with Gasteiger partial charge in [-0.3, -0.25) is 0 Å². The molecule has 2 rings (SSSR count). The monoisotopic (exact) mass is 261 g/mol. The van der Waals surface area contributed by atoms with Gasteiger partial charge in [-0.2, -0.15) is 0 Å². The molecule has 0 bridgehead atoms. The van der Waals surface area contributed by atoms with Crippen molar-refractivity contribution in [2.75, 3.05) is 0 Å².